The zero-order valence-electron chi connectivity index (χ0n) is 10.3. The second-order valence-corrected chi connectivity index (χ2v) is 6.21. The molecule has 0 amide bonds. The lowest BCUT2D eigenvalue weighted by Gasteiger charge is -2.49. The first-order valence-corrected chi connectivity index (χ1v) is 7.18. The lowest BCUT2D eigenvalue weighted by Crippen LogP contribution is -2.58. The highest BCUT2D eigenvalue weighted by molar-refractivity contribution is 4.99. The van der Waals surface area contributed by atoms with Crippen LogP contribution in [0.4, 0.5) is 0 Å². The third-order valence-corrected chi connectivity index (χ3v) is 5.21. The zero-order chi connectivity index (χ0) is 10.8. The molecule has 3 aliphatic rings. The first kappa shape index (κ1) is 11.0. The highest BCUT2D eigenvalue weighted by atomic mass is 16.5. The van der Waals surface area contributed by atoms with Crippen LogP contribution in [-0.4, -0.2) is 26.3 Å². The van der Waals surface area contributed by atoms with Gasteiger partial charge in [-0.1, -0.05) is 12.8 Å². The molecule has 16 heavy (non-hydrogen) atoms. The second kappa shape index (κ2) is 4.66. The van der Waals surface area contributed by atoms with Crippen molar-refractivity contribution in [2.75, 3.05) is 26.3 Å². The Bertz CT molecular complexity index is 225. The van der Waals surface area contributed by atoms with Gasteiger partial charge in [0.25, 0.3) is 0 Å². The van der Waals surface area contributed by atoms with Crippen molar-refractivity contribution in [1.82, 2.24) is 5.32 Å². The van der Waals surface area contributed by atoms with Gasteiger partial charge in [0.05, 0.1) is 0 Å². The van der Waals surface area contributed by atoms with E-state index in [0.29, 0.717) is 5.41 Å². The molecule has 0 aromatic rings. The van der Waals surface area contributed by atoms with E-state index in [1.165, 1.54) is 58.0 Å². The molecule has 0 aromatic carbocycles. The van der Waals surface area contributed by atoms with Gasteiger partial charge in [-0.2, -0.15) is 0 Å². The summed E-state index contributed by atoms with van der Waals surface area (Å²) in [6.07, 6.45) is 10.1. The lowest BCUT2D eigenvalue weighted by atomic mass is 9.64. The Morgan fingerprint density at radius 3 is 2.25 bits per heavy atom. The second-order valence-electron chi connectivity index (χ2n) is 6.21. The molecular weight excluding hydrogens is 198 g/mol. The van der Waals surface area contributed by atoms with Crippen LogP contribution in [0.1, 0.15) is 44.9 Å². The molecule has 0 spiro atoms. The van der Waals surface area contributed by atoms with E-state index < -0.39 is 0 Å². The van der Waals surface area contributed by atoms with Crippen LogP contribution in [0.15, 0.2) is 0 Å². The first-order chi connectivity index (χ1) is 7.89. The van der Waals surface area contributed by atoms with Crippen LogP contribution in [0.25, 0.3) is 0 Å². The SMILES string of the molecule is C1CCC(C2(CC3CCOCC3)CNC2)C1. The normalized spacial score (nSPS) is 31.5. The van der Waals surface area contributed by atoms with Crippen LogP contribution >= 0.6 is 0 Å². The highest BCUT2D eigenvalue weighted by Crippen LogP contribution is 2.47. The van der Waals surface area contributed by atoms with E-state index in [1.807, 2.05) is 0 Å². The molecular formula is C14H25NO. The van der Waals surface area contributed by atoms with Gasteiger partial charge in [0, 0.05) is 26.3 Å². The maximum atomic E-state index is 5.48. The number of hydrogen-bond acceptors (Lipinski definition) is 2. The molecule has 2 aliphatic heterocycles. The van der Waals surface area contributed by atoms with Gasteiger partial charge in [0.15, 0.2) is 0 Å². The Hall–Kier alpha value is -0.0800. The Morgan fingerprint density at radius 2 is 1.69 bits per heavy atom. The summed E-state index contributed by atoms with van der Waals surface area (Å²) in [5.74, 6) is 1.99. The predicted octanol–water partition coefficient (Wildman–Crippen LogP) is 2.58. The van der Waals surface area contributed by atoms with Gasteiger partial charge < -0.3 is 10.1 Å². The van der Waals surface area contributed by atoms with Crippen LogP contribution in [0.3, 0.4) is 0 Å². The summed E-state index contributed by atoms with van der Waals surface area (Å²) >= 11 is 0. The fourth-order valence-electron chi connectivity index (χ4n) is 4.11. The fourth-order valence-corrected chi connectivity index (χ4v) is 4.11. The van der Waals surface area contributed by atoms with E-state index in [4.69, 9.17) is 4.74 Å². The summed E-state index contributed by atoms with van der Waals surface area (Å²) in [5.41, 5.74) is 0.693. The lowest BCUT2D eigenvalue weighted by molar-refractivity contribution is 0.00631. The Morgan fingerprint density at radius 1 is 1.00 bits per heavy atom. The van der Waals surface area contributed by atoms with Crippen LogP contribution < -0.4 is 5.32 Å². The van der Waals surface area contributed by atoms with Crippen molar-refractivity contribution >= 4 is 0 Å². The molecule has 0 bridgehead atoms. The molecule has 1 saturated carbocycles. The summed E-state index contributed by atoms with van der Waals surface area (Å²) in [5, 5.41) is 3.54. The van der Waals surface area contributed by atoms with Crippen molar-refractivity contribution in [3.8, 4) is 0 Å². The van der Waals surface area contributed by atoms with Crippen molar-refractivity contribution in [3.05, 3.63) is 0 Å². The third kappa shape index (κ3) is 2.02. The molecule has 0 unspecified atom stereocenters. The van der Waals surface area contributed by atoms with E-state index in [-0.39, 0.29) is 0 Å². The van der Waals surface area contributed by atoms with E-state index in [2.05, 4.69) is 5.32 Å². The van der Waals surface area contributed by atoms with Gasteiger partial charge in [0.1, 0.15) is 0 Å². The van der Waals surface area contributed by atoms with Gasteiger partial charge in [0.2, 0.25) is 0 Å². The van der Waals surface area contributed by atoms with E-state index in [0.717, 1.165) is 25.0 Å². The minimum Gasteiger partial charge on any atom is -0.381 e. The summed E-state index contributed by atoms with van der Waals surface area (Å²) in [4.78, 5) is 0. The molecule has 0 atom stereocenters. The topological polar surface area (TPSA) is 21.3 Å². The van der Waals surface area contributed by atoms with Crippen LogP contribution in [0.2, 0.25) is 0 Å². The Labute approximate surface area is 99.1 Å². The van der Waals surface area contributed by atoms with Crippen molar-refractivity contribution in [2.45, 2.75) is 44.9 Å². The van der Waals surface area contributed by atoms with Crippen LogP contribution in [-0.2, 0) is 4.74 Å². The average Bonchev–Trinajstić information content (AvgIpc) is 2.78. The molecule has 2 saturated heterocycles. The van der Waals surface area contributed by atoms with Gasteiger partial charge in [-0.05, 0) is 49.4 Å². The summed E-state index contributed by atoms with van der Waals surface area (Å²) < 4.78 is 5.48. The van der Waals surface area contributed by atoms with Crippen molar-refractivity contribution in [2.24, 2.45) is 17.3 Å². The molecule has 3 fully saturated rings. The monoisotopic (exact) mass is 223 g/mol. The summed E-state index contributed by atoms with van der Waals surface area (Å²) in [7, 11) is 0. The molecule has 1 N–H and O–H groups in total. The number of nitrogens with one attached hydrogen (secondary N) is 1. The third-order valence-electron chi connectivity index (χ3n) is 5.21. The minimum absolute atomic E-state index is 0.693. The maximum absolute atomic E-state index is 5.48. The van der Waals surface area contributed by atoms with Crippen molar-refractivity contribution < 1.29 is 4.74 Å². The number of hydrogen-bond donors (Lipinski definition) is 1. The predicted molar refractivity (Wildman–Crippen MR) is 65.4 cm³/mol. The molecule has 2 heterocycles. The van der Waals surface area contributed by atoms with Gasteiger partial charge in [-0.3, -0.25) is 0 Å². The fraction of sp³-hybridized carbons (Fsp3) is 1.00. The molecule has 1 aliphatic carbocycles. The molecule has 0 radical (unpaired) electrons. The smallest absolute Gasteiger partial charge is 0.0468 e. The van der Waals surface area contributed by atoms with Crippen molar-refractivity contribution in [3.63, 3.8) is 0 Å². The quantitative estimate of drug-likeness (QED) is 0.794. The van der Waals surface area contributed by atoms with E-state index >= 15 is 0 Å². The standard InChI is InChI=1S/C14H25NO/c1-2-4-13(3-1)14(10-15-11-14)9-12-5-7-16-8-6-12/h12-13,15H,1-11H2. The average molecular weight is 223 g/mol. The highest BCUT2D eigenvalue weighted by Gasteiger charge is 2.45. The Kier molecular flexibility index (Phi) is 3.21. The van der Waals surface area contributed by atoms with Gasteiger partial charge in [-0.25, -0.2) is 0 Å². The van der Waals surface area contributed by atoms with E-state index in [1.54, 1.807) is 0 Å². The summed E-state index contributed by atoms with van der Waals surface area (Å²) in [6, 6.07) is 0. The van der Waals surface area contributed by atoms with Crippen LogP contribution in [0.5, 0.6) is 0 Å². The van der Waals surface area contributed by atoms with Crippen LogP contribution in [0, 0.1) is 17.3 Å². The maximum Gasteiger partial charge on any atom is 0.0468 e. The van der Waals surface area contributed by atoms with Gasteiger partial charge >= 0.3 is 0 Å². The first-order valence-electron chi connectivity index (χ1n) is 7.18. The van der Waals surface area contributed by atoms with Gasteiger partial charge in [-0.15, -0.1) is 0 Å². The summed E-state index contributed by atoms with van der Waals surface area (Å²) in [6.45, 7) is 4.63. The molecule has 0 aromatic heterocycles. The molecule has 3 rings (SSSR count). The minimum atomic E-state index is 0.693. The van der Waals surface area contributed by atoms with Crippen molar-refractivity contribution in [1.29, 1.82) is 0 Å². The number of ether oxygens (including phenoxy) is 1. The molecule has 2 heteroatoms. The largest absolute Gasteiger partial charge is 0.381 e. The number of rotatable bonds is 3. The molecule has 2 nitrogen and oxygen atoms in total. The Balaban J connectivity index is 1.60. The van der Waals surface area contributed by atoms with E-state index in [9.17, 15) is 0 Å². The zero-order valence-corrected chi connectivity index (χ0v) is 10.3. The molecule has 92 valence electrons.